The van der Waals surface area contributed by atoms with Crippen molar-refractivity contribution in [3.8, 4) is 0 Å². The van der Waals surface area contributed by atoms with Crippen molar-refractivity contribution in [3.63, 3.8) is 0 Å². The lowest BCUT2D eigenvalue weighted by molar-refractivity contribution is 0.322. The van der Waals surface area contributed by atoms with Gasteiger partial charge in [-0.05, 0) is 54.5 Å². The van der Waals surface area contributed by atoms with Crippen molar-refractivity contribution in [2.24, 2.45) is 0 Å². The molecule has 1 unspecified atom stereocenters. The van der Waals surface area contributed by atoms with E-state index in [9.17, 15) is 0 Å². The van der Waals surface area contributed by atoms with Crippen molar-refractivity contribution in [1.29, 1.82) is 0 Å². The van der Waals surface area contributed by atoms with Gasteiger partial charge in [0.15, 0.2) is 0 Å². The van der Waals surface area contributed by atoms with Gasteiger partial charge in [0.05, 0.1) is 11.2 Å². The Morgan fingerprint density at radius 3 is 3.16 bits per heavy atom. The highest BCUT2D eigenvalue weighted by Gasteiger charge is 2.20. The maximum atomic E-state index is 4.46. The summed E-state index contributed by atoms with van der Waals surface area (Å²) in [6.07, 6.45) is 6.21. The van der Waals surface area contributed by atoms with E-state index in [2.05, 4.69) is 43.2 Å². The molecule has 0 radical (unpaired) electrons. The van der Waals surface area contributed by atoms with Gasteiger partial charge in [0.2, 0.25) is 0 Å². The number of likely N-dealkylation sites (N-methyl/N-ethyl adjacent to an activating group) is 1. The van der Waals surface area contributed by atoms with Gasteiger partial charge in [-0.1, -0.05) is 0 Å². The molecule has 0 bridgehead atoms. The molecule has 5 heteroatoms. The smallest absolute Gasteiger partial charge is 0.112 e. The Morgan fingerprint density at radius 2 is 2.37 bits per heavy atom. The largest absolute Gasteiger partial charge is 0.382 e. The van der Waals surface area contributed by atoms with Crippen LogP contribution < -0.4 is 5.32 Å². The first-order valence-electron chi connectivity index (χ1n) is 6.58. The summed E-state index contributed by atoms with van der Waals surface area (Å²) in [6, 6.07) is 4.62. The van der Waals surface area contributed by atoms with Crippen LogP contribution >= 0.6 is 15.9 Å². The Kier molecular flexibility index (Phi) is 3.66. The Bertz CT molecular complexity index is 587. The van der Waals surface area contributed by atoms with Crippen molar-refractivity contribution in [1.82, 2.24) is 14.9 Å². The molecule has 1 aliphatic rings. The van der Waals surface area contributed by atoms with Gasteiger partial charge in [0.1, 0.15) is 5.52 Å². The SMILES string of the molecule is CN1CCCC1CNc1ccnc2cc(Br)cnc12. The number of anilines is 1. The number of nitrogens with zero attached hydrogens (tertiary/aromatic N) is 3. The summed E-state index contributed by atoms with van der Waals surface area (Å²) >= 11 is 3.43. The monoisotopic (exact) mass is 320 g/mol. The van der Waals surface area contributed by atoms with Crippen LogP contribution in [0.3, 0.4) is 0 Å². The second kappa shape index (κ2) is 5.43. The zero-order chi connectivity index (χ0) is 13.2. The van der Waals surface area contributed by atoms with Crippen LogP contribution in [0.2, 0.25) is 0 Å². The quantitative estimate of drug-likeness (QED) is 0.944. The van der Waals surface area contributed by atoms with E-state index in [0.29, 0.717) is 6.04 Å². The second-order valence-electron chi connectivity index (χ2n) is 5.04. The molecule has 0 aromatic carbocycles. The van der Waals surface area contributed by atoms with Crippen LogP contribution in [0.4, 0.5) is 5.69 Å². The molecule has 1 fully saturated rings. The first kappa shape index (κ1) is 12.8. The van der Waals surface area contributed by atoms with Crippen molar-refractivity contribution in [2.45, 2.75) is 18.9 Å². The number of aromatic nitrogens is 2. The van der Waals surface area contributed by atoms with Crippen LogP contribution in [0.1, 0.15) is 12.8 Å². The molecule has 0 amide bonds. The van der Waals surface area contributed by atoms with Gasteiger partial charge in [-0.2, -0.15) is 0 Å². The van der Waals surface area contributed by atoms with E-state index in [1.165, 1.54) is 19.4 Å². The zero-order valence-electron chi connectivity index (χ0n) is 10.9. The van der Waals surface area contributed by atoms with Crippen molar-refractivity contribution < 1.29 is 0 Å². The fourth-order valence-corrected chi connectivity index (χ4v) is 2.93. The molecule has 0 aliphatic carbocycles. The Hall–Kier alpha value is -1.20. The molecule has 2 aromatic rings. The normalized spacial score (nSPS) is 20.0. The van der Waals surface area contributed by atoms with E-state index >= 15 is 0 Å². The fraction of sp³-hybridized carbons (Fsp3) is 0.429. The number of nitrogens with one attached hydrogen (secondary N) is 1. The molecule has 3 heterocycles. The molecule has 3 rings (SSSR count). The summed E-state index contributed by atoms with van der Waals surface area (Å²) < 4.78 is 0.958. The molecule has 0 spiro atoms. The average molecular weight is 321 g/mol. The van der Waals surface area contributed by atoms with E-state index in [-0.39, 0.29) is 0 Å². The van der Waals surface area contributed by atoms with E-state index in [4.69, 9.17) is 0 Å². The van der Waals surface area contributed by atoms with Crippen molar-refractivity contribution in [3.05, 3.63) is 29.0 Å². The number of fused-ring (bicyclic) bond motifs is 1. The molecule has 2 aromatic heterocycles. The van der Waals surface area contributed by atoms with Gasteiger partial charge >= 0.3 is 0 Å². The molecule has 1 N–H and O–H groups in total. The van der Waals surface area contributed by atoms with Gasteiger partial charge in [-0.15, -0.1) is 0 Å². The molecule has 100 valence electrons. The molecule has 1 saturated heterocycles. The number of pyridine rings is 2. The van der Waals surface area contributed by atoms with E-state index in [1.54, 1.807) is 0 Å². The standard InChI is InChI=1S/C14H17BrN4/c1-19-6-2-3-11(19)9-17-12-4-5-16-13-7-10(15)8-18-14(12)13/h4-5,7-8,11H,2-3,6,9H2,1H3,(H,16,17). The minimum Gasteiger partial charge on any atom is -0.382 e. The van der Waals surface area contributed by atoms with Crippen molar-refractivity contribution >= 4 is 32.7 Å². The number of likely N-dealkylation sites (tertiary alicyclic amines) is 1. The third-order valence-corrected chi connectivity index (χ3v) is 4.18. The third-order valence-electron chi connectivity index (χ3n) is 3.74. The molecular weight excluding hydrogens is 304 g/mol. The lowest BCUT2D eigenvalue weighted by Crippen LogP contribution is -2.31. The Morgan fingerprint density at radius 1 is 1.47 bits per heavy atom. The number of hydrogen-bond donors (Lipinski definition) is 1. The summed E-state index contributed by atoms with van der Waals surface area (Å²) in [5.41, 5.74) is 2.92. The van der Waals surface area contributed by atoms with Crippen LogP contribution in [0.25, 0.3) is 11.0 Å². The van der Waals surface area contributed by atoms with Crippen molar-refractivity contribution in [2.75, 3.05) is 25.5 Å². The van der Waals surface area contributed by atoms with Crippen LogP contribution in [0, 0.1) is 0 Å². The predicted molar refractivity (Wildman–Crippen MR) is 81.4 cm³/mol. The molecule has 19 heavy (non-hydrogen) atoms. The maximum absolute atomic E-state index is 4.46. The minimum absolute atomic E-state index is 0.624. The number of hydrogen-bond acceptors (Lipinski definition) is 4. The topological polar surface area (TPSA) is 41.0 Å². The summed E-state index contributed by atoms with van der Waals surface area (Å²) in [7, 11) is 2.19. The first-order valence-corrected chi connectivity index (χ1v) is 7.38. The minimum atomic E-state index is 0.624. The molecular formula is C14H17BrN4. The lowest BCUT2D eigenvalue weighted by atomic mass is 10.2. The third kappa shape index (κ3) is 2.72. The van der Waals surface area contributed by atoms with Gasteiger partial charge < -0.3 is 10.2 Å². The van der Waals surface area contributed by atoms with Gasteiger partial charge in [-0.25, -0.2) is 0 Å². The highest BCUT2D eigenvalue weighted by molar-refractivity contribution is 9.10. The number of rotatable bonds is 3. The van der Waals surface area contributed by atoms with Gasteiger partial charge in [0.25, 0.3) is 0 Å². The van der Waals surface area contributed by atoms with Gasteiger partial charge in [0, 0.05) is 29.5 Å². The summed E-state index contributed by atoms with van der Waals surface area (Å²) in [5.74, 6) is 0. The highest BCUT2D eigenvalue weighted by atomic mass is 79.9. The zero-order valence-corrected chi connectivity index (χ0v) is 12.5. The van der Waals surface area contributed by atoms with Crippen LogP contribution in [-0.4, -0.2) is 41.0 Å². The fourth-order valence-electron chi connectivity index (χ4n) is 2.61. The number of halogens is 1. The molecule has 4 nitrogen and oxygen atoms in total. The Labute approximate surface area is 121 Å². The summed E-state index contributed by atoms with van der Waals surface area (Å²) in [4.78, 5) is 11.2. The Balaban J connectivity index is 1.81. The summed E-state index contributed by atoms with van der Waals surface area (Å²) in [5, 5.41) is 3.52. The second-order valence-corrected chi connectivity index (χ2v) is 5.95. The van der Waals surface area contributed by atoms with Crippen LogP contribution in [0.15, 0.2) is 29.0 Å². The summed E-state index contributed by atoms with van der Waals surface area (Å²) in [6.45, 7) is 2.17. The van der Waals surface area contributed by atoms with E-state index in [1.807, 2.05) is 24.5 Å². The molecule has 1 atom stereocenters. The van der Waals surface area contributed by atoms with Crippen LogP contribution in [-0.2, 0) is 0 Å². The molecule has 0 saturated carbocycles. The maximum Gasteiger partial charge on any atom is 0.112 e. The van der Waals surface area contributed by atoms with E-state index < -0.39 is 0 Å². The van der Waals surface area contributed by atoms with Gasteiger partial charge in [-0.3, -0.25) is 9.97 Å². The highest BCUT2D eigenvalue weighted by Crippen LogP contribution is 2.23. The van der Waals surface area contributed by atoms with Crippen LogP contribution in [0.5, 0.6) is 0 Å². The first-order chi connectivity index (χ1) is 9.24. The lowest BCUT2D eigenvalue weighted by Gasteiger charge is -2.20. The average Bonchev–Trinajstić information content (AvgIpc) is 2.81. The molecule has 1 aliphatic heterocycles. The predicted octanol–water partition coefficient (Wildman–Crippen LogP) is 2.90. The van der Waals surface area contributed by atoms with E-state index in [0.717, 1.165) is 27.7 Å².